The molecule has 19 heavy (non-hydrogen) atoms. The van der Waals surface area contributed by atoms with Crippen LogP contribution < -0.4 is 4.90 Å². The van der Waals surface area contributed by atoms with Gasteiger partial charge in [-0.2, -0.15) is 0 Å². The van der Waals surface area contributed by atoms with Crippen LogP contribution in [0.2, 0.25) is 0 Å². The molecule has 1 aromatic carbocycles. The summed E-state index contributed by atoms with van der Waals surface area (Å²) in [4.78, 5) is 26.7. The van der Waals surface area contributed by atoms with Crippen molar-refractivity contribution >= 4 is 17.7 Å². The number of ether oxygens (including phenoxy) is 1. The van der Waals surface area contributed by atoms with E-state index in [-0.39, 0.29) is 12.0 Å². The fourth-order valence-electron chi connectivity index (χ4n) is 2.24. The second kappa shape index (κ2) is 5.73. The Hall–Kier alpha value is -2.04. The van der Waals surface area contributed by atoms with Crippen molar-refractivity contribution in [1.82, 2.24) is 4.90 Å². The maximum absolute atomic E-state index is 12.2. The van der Waals surface area contributed by atoms with Crippen molar-refractivity contribution in [2.75, 3.05) is 25.6 Å². The first-order chi connectivity index (χ1) is 9.13. The van der Waals surface area contributed by atoms with E-state index >= 15 is 0 Å². The van der Waals surface area contributed by atoms with Crippen LogP contribution in [0.15, 0.2) is 24.3 Å². The molecule has 0 aromatic heterocycles. The van der Waals surface area contributed by atoms with Gasteiger partial charge in [0.05, 0.1) is 12.8 Å². The van der Waals surface area contributed by atoms with E-state index in [9.17, 15) is 9.59 Å². The maximum Gasteiger partial charge on any atom is 0.324 e. The van der Waals surface area contributed by atoms with Crippen molar-refractivity contribution < 1.29 is 14.3 Å². The Labute approximate surface area is 112 Å². The van der Waals surface area contributed by atoms with Crippen molar-refractivity contribution in [2.24, 2.45) is 0 Å². The number of benzene rings is 1. The van der Waals surface area contributed by atoms with E-state index in [1.165, 1.54) is 7.11 Å². The normalized spacial score (nSPS) is 14.3. The SMILES string of the molecule is COC(=O)CCCN1C(=O)N(C)Cc2ccccc21. The fourth-order valence-corrected chi connectivity index (χ4v) is 2.24. The summed E-state index contributed by atoms with van der Waals surface area (Å²) in [6, 6.07) is 7.83. The number of methoxy groups -OCH3 is 1. The molecule has 0 unspecified atom stereocenters. The first kappa shape index (κ1) is 13.4. The topological polar surface area (TPSA) is 49.9 Å². The minimum Gasteiger partial charge on any atom is -0.469 e. The van der Waals surface area contributed by atoms with E-state index in [0.717, 1.165) is 11.3 Å². The van der Waals surface area contributed by atoms with Gasteiger partial charge >= 0.3 is 12.0 Å². The number of rotatable bonds is 4. The van der Waals surface area contributed by atoms with E-state index in [1.807, 2.05) is 24.3 Å². The van der Waals surface area contributed by atoms with Gasteiger partial charge in [-0.1, -0.05) is 18.2 Å². The van der Waals surface area contributed by atoms with Crippen molar-refractivity contribution in [2.45, 2.75) is 19.4 Å². The highest BCUT2D eigenvalue weighted by atomic mass is 16.5. The number of anilines is 1. The van der Waals surface area contributed by atoms with Crippen LogP contribution in [0, 0.1) is 0 Å². The molecule has 5 nitrogen and oxygen atoms in total. The number of hydrogen-bond donors (Lipinski definition) is 0. The molecule has 1 aromatic rings. The molecular formula is C14H18N2O3. The summed E-state index contributed by atoms with van der Waals surface area (Å²) in [5.74, 6) is -0.244. The molecule has 5 heteroatoms. The highest BCUT2D eigenvalue weighted by Crippen LogP contribution is 2.27. The molecule has 0 aliphatic carbocycles. The molecule has 0 saturated carbocycles. The minimum absolute atomic E-state index is 0.0245. The molecule has 1 aliphatic rings. The molecule has 1 heterocycles. The predicted molar refractivity (Wildman–Crippen MR) is 71.9 cm³/mol. The predicted octanol–water partition coefficient (Wildman–Crippen LogP) is 2.01. The Morgan fingerprint density at radius 1 is 1.37 bits per heavy atom. The van der Waals surface area contributed by atoms with Crippen LogP contribution in [0.4, 0.5) is 10.5 Å². The van der Waals surface area contributed by atoms with Gasteiger partial charge in [0.15, 0.2) is 0 Å². The molecule has 2 amide bonds. The average Bonchev–Trinajstić information content (AvgIpc) is 2.42. The van der Waals surface area contributed by atoms with Gasteiger partial charge in [0.2, 0.25) is 0 Å². The summed E-state index contributed by atoms with van der Waals surface area (Å²) in [6.45, 7) is 1.15. The smallest absolute Gasteiger partial charge is 0.324 e. The van der Waals surface area contributed by atoms with Crippen LogP contribution in [0.3, 0.4) is 0 Å². The van der Waals surface area contributed by atoms with Crippen molar-refractivity contribution in [1.29, 1.82) is 0 Å². The molecule has 0 atom stereocenters. The van der Waals surface area contributed by atoms with Crippen LogP contribution in [-0.4, -0.2) is 37.6 Å². The lowest BCUT2D eigenvalue weighted by molar-refractivity contribution is -0.140. The van der Waals surface area contributed by atoms with Gasteiger partial charge in [-0.25, -0.2) is 4.79 Å². The highest BCUT2D eigenvalue weighted by Gasteiger charge is 2.27. The zero-order valence-corrected chi connectivity index (χ0v) is 11.3. The van der Waals surface area contributed by atoms with Gasteiger partial charge in [0.25, 0.3) is 0 Å². The largest absolute Gasteiger partial charge is 0.469 e. The van der Waals surface area contributed by atoms with Crippen LogP contribution in [0.25, 0.3) is 0 Å². The summed E-state index contributed by atoms with van der Waals surface area (Å²) in [7, 11) is 3.16. The third kappa shape index (κ3) is 2.86. The van der Waals surface area contributed by atoms with Crippen LogP contribution >= 0.6 is 0 Å². The third-order valence-corrected chi connectivity index (χ3v) is 3.24. The molecule has 0 N–H and O–H groups in total. The fraction of sp³-hybridized carbons (Fsp3) is 0.429. The Balaban J connectivity index is 2.10. The lowest BCUT2D eigenvalue weighted by Gasteiger charge is -2.35. The number of para-hydroxylation sites is 1. The summed E-state index contributed by atoms with van der Waals surface area (Å²) in [5.41, 5.74) is 2.07. The van der Waals surface area contributed by atoms with Crippen molar-refractivity contribution in [3.63, 3.8) is 0 Å². The molecule has 1 aliphatic heterocycles. The average molecular weight is 262 g/mol. The first-order valence-corrected chi connectivity index (χ1v) is 6.31. The Bertz CT molecular complexity index is 487. The second-order valence-corrected chi connectivity index (χ2v) is 4.60. The van der Waals surface area contributed by atoms with Gasteiger partial charge in [0.1, 0.15) is 0 Å². The van der Waals surface area contributed by atoms with Gasteiger partial charge < -0.3 is 9.64 Å². The van der Waals surface area contributed by atoms with E-state index in [1.54, 1.807) is 16.8 Å². The third-order valence-electron chi connectivity index (χ3n) is 3.24. The summed E-state index contributed by atoms with van der Waals surface area (Å²) >= 11 is 0. The Kier molecular flexibility index (Phi) is 4.04. The number of fused-ring (bicyclic) bond motifs is 1. The zero-order chi connectivity index (χ0) is 13.8. The van der Waals surface area contributed by atoms with Crippen molar-refractivity contribution in [3.8, 4) is 0 Å². The summed E-state index contributed by atoms with van der Waals surface area (Å²) in [5, 5.41) is 0. The number of carbonyl (C=O) groups excluding carboxylic acids is 2. The lowest BCUT2D eigenvalue weighted by Crippen LogP contribution is -2.45. The summed E-state index contributed by atoms with van der Waals surface area (Å²) < 4.78 is 4.60. The molecule has 0 saturated heterocycles. The Morgan fingerprint density at radius 2 is 2.11 bits per heavy atom. The molecule has 0 bridgehead atoms. The number of carbonyl (C=O) groups is 2. The van der Waals surface area contributed by atoms with E-state index in [0.29, 0.717) is 25.9 Å². The van der Waals surface area contributed by atoms with Crippen LogP contribution in [0.1, 0.15) is 18.4 Å². The van der Waals surface area contributed by atoms with E-state index < -0.39 is 0 Å². The molecule has 0 fully saturated rings. The van der Waals surface area contributed by atoms with Gasteiger partial charge in [-0.15, -0.1) is 0 Å². The number of nitrogens with zero attached hydrogens (tertiary/aromatic N) is 2. The standard InChI is InChI=1S/C14H18N2O3/c1-15-10-11-6-3-4-7-12(11)16(14(15)18)9-5-8-13(17)19-2/h3-4,6-7H,5,8-10H2,1-2H3. The van der Waals surface area contributed by atoms with Gasteiger partial charge in [-0.05, 0) is 18.1 Å². The molecule has 2 rings (SSSR count). The summed E-state index contributed by atoms with van der Waals surface area (Å²) in [6.07, 6.45) is 0.923. The number of urea groups is 1. The van der Waals surface area contributed by atoms with Crippen LogP contribution in [0.5, 0.6) is 0 Å². The van der Waals surface area contributed by atoms with Crippen LogP contribution in [-0.2, 0) is 16.1 Å². The molecule has 0 spiro atoms. The Morgan fingerprint density at radius 3 is 2.84 bits per heavy atom. The molecule has 102 valence electrons. The van der Waals surface area contributed by atoms with Crippen molar-refractivity contribution in [3.05, 3.63) is 29.8 Å². The number of hydrogen-bond acceptors (Lipinski definition) is 3. The monoisotopic (exact) mass is 262 g/mol. The van der Waals surface area contributed by atoms with Gasteiger partial charge in [-0.3, -0.25) is 9.69 Å². The molecule has 0 radical (unpaired) electrons. The van der Waals surface area contributed by atoms with Gasteiger partial charge in [0, 0.05) is 26.6 Å². The lowest BCUT2D eigenvalue weighted by atomic mass is 10.1. The zero-order valence-electron chi connectivity index (χ0n) is 11.3. The van der Waals surface area contributed by atoms with E-state index in [4.69, 9.17) is 0 Å². The maximum atomic E-state index is 12.2. The molecular weight excluding hydrogens is 244 g/mol. The number of esters is 1. The first-order valence-electron chi connectivity index (χ1n) is 6.31. The quantitative estimate of drug-likeness (QED) is 0.780. The second-order valence-electron chi connectivity index (χ2n) is 4.60. The minimum atomic E-state index is -0.244. The number of amides is 2. The highest BCUT2D eigenvalue weighted by molar-refractivity contribution is 5.94. The van der Waals surface area contributed by atoms with E-state index in [2.05, 4.69) is 4.74 Å².